The molecule has 4 atom stereocenters. The zero-order valence-electron chi connectivity index (χ0n) is 24.4. The number of carbonyl (C=O) groups excluding carboxylic acids is 2. The highest BCUT2D eigenvalue weighted by atomic mass is 16.7. The van der Waals surface area contributed by atoms with Crippen molar-refractivity contribution in [3.8, 4) is 6.07 Å². The molecule has 4 heterocycles. The fourth-order valence-electron chi connectivity index (χ4n) is 5.89. The predicted molar refractivity (Wildman–Crippen MR) is 144 cm³/mol. The number of ether oxygens (including phenoxy) is 4. The average molecular weight is 599 g/mol. The number of hydrogen-bond donors (Lipinski definition) is 1. The maximum absolute atomic E-state index is 13.3. The fourth-order valence-corrected chi connectivity index (χ4v) is 5.89. The minimum atomic E-state index is -2.07. The van der Waals surface area contributed by atoms with Gasteiger partial charge in [-0.15, -0.1) is 0 Å². The van der Waals surface area contributed by atoms with Gasteiger partial charge in [-0.05, 0) is 58.6 Å². The number of aryl methyl sites for hydroxylation is 2. The molecule has 2 fully saturated rings. The fraction of sp³-hybridized carbons (Fsp3) is 0.586. The largest absolute Gasteiger partial charge is 0.519 e. The molecule has 2 aliphatic rings. The Labute approximate surface area is 246 Å². The molecule has 14 heteroatoms. The molecule has 0 bridgehead atoms. The Bertz CT molecular complexity index is 1590. The molecule has 0 spiro atoms. The third-order valence-electron chi connectivity index (χ3n) is 8.54. The van der Waals surface area contributed by atoms with Gasteiger partial charge in [0.2, 0.25) is 5.60 Å². The maximum Gasteiger partial charge on any atom is 0.519 e. The van der Waals surface area contributed by atoms with Crippen molar-refractivity contribution in [1.29, 1.82) is 5.26 Å². The van der Waals surface area contributed by atoms with Gasteiger partial charge in [0.25, 0.3) is 0 Å². The zero-order valence-corrected chi connectivity index (χ0v) is 24.4. The standard InChI is InChI=1S/C29H34N4O10/c1-16-19-10-11-22(33(19)32-15-31-16)29(14-30)24(34)23(42-26(36)39-12-20-17(2)40-27(37)41-20)21(43-29)13-38-25(35)28(3,4)18-8-6-5-7-9-18/h10-11,15,18,21,23-24,34H,5-9,12-13H2,1-4H3/t21-,23-,24-,29+/m1/s1. The molecule has 3 aromatic rings. The monoisotopic (exact) mass is 598 g/mol. The van der Waals surface area contributed by atoms with Crippen LogP contribution >= 0.6 is 0 Å². The van der Waals surface area contributed by atoms with E-state index in [0.717, 1.165) is 32.1 Å². The van der Waals surface area contributed by atoms with E-state index in [0.29, 0.717) is 11.2 Å². The minimum Gasteiger partial charge on any atom is -0.462 e. The smallest absolute Gasteiger partial charge is 0.462 e. The SMILES string of the molecule is Cc1oc(=O)oc1COC(=O)O[C@H]1[C@@H](O)[C@](C#N)(c2ccc3c(C)ncnn23)O[C@@H]1COC(=O)C(C)(C)C1CCCCC1. The van der Waals surface area contributed by atoms with Crippen LogP contribution in [0.4, 0.5) is 4.79 Å². The Kier molecular flexibility index (Phi) is 8.31. The molecule has 1 N–H and O–H groups in total. The van der Waals surface area contributed by atoms with Crippen molar-refractivity contribution in [2.24, 2.45) is 11.3 Å². The van der Waals surface area contributed by atoms with Gasteiger partial charge in [0.05, 0.1) is 22.3 Å². The van der Waals surface area contributed by atoms with E-state index in [1.807, 2.05) is 19.9 Å². The predicted octanol–water partition coefficient (Wildman–Crippen LogP) is 3.24. The van der Waals surface area contributed by atoms with Crippen LogP contribution in [0.2, 0.25) is 0 Å². The second-order valence-electron chi connectivity index (χ2n) is 11.5. The van der Waals surface area contributed by atoms with Crippen molar-refractivity contribution >= 4 is 17.6 Å². The Balaban J connectivity index is 1.40. The number of aliphatic hydroxyl groups excluding tert-OH is 1. The van der Waals surface area contributed by atoms with E-state index in [1.54, 1.807) is 19.1 Å². The number of rotatable bonds is 8. The van der Waals surface area contributed by atoms with Crippen molar-refractivity contribution in [2.45, 2.75) is 90.3 Å². The summed E-state index contributed by atoms with van der Waals surface area (Å²) in [7, 11) is 0. The topological polar surface area (TPSA) is 189 Å². The lowest BCUT2D eigenvalue weighted by molar-refractivity contribution is -0.164. The van der Waals surface area contributed by atoms with Crippen LogP contribution in [0, 0.1) is 36.5 Å². The minimum absolute atomic E-state index is 0.0262. The molecule has 0 radical (unpaired) electrons. The van der Waals surface area contributed by atoms with E-state index in [2.05, 4.69) is 10.1 Å². The van der Waals surface area contributed by atoms with Gasteiger partial charge >= 0.3 is 17.9 Å². The van der Waals surface area contributed by atoms with Crippen LogP contribution in [0.5, 0.6) is 0 Å². The molecule has 0 unspecified atom stereocenters. The number of nitrogens with zero attached hydrogens (tertiary/aromatic N) is 4. The highest BCUT2D eigenvalue weighted by Gasteiger charge is 2.60. The molecule has 0 amide bonds. The van der Waals surface area contributed by atoms with Crippen LogP contribution in [-0.4, -0.2) is 56.7 Å². The maximum atomic E-state index is 13.3. The number of fused-ring (bicyclic) bond motifs is 1. The highest BCUT2D eigenvalue weighted by molar-refractivity contribution is 5.76. The van der Waals surface area contributed by atoms with Crippen LogP contribution in [0.15, 0.2) is 32.1 Å². The summed E-state index contributed by atoms with van der Waals surface area (Å²) in [6.45, 7) is 5.99. The first-order chi connectivity index (χ1) is 20.5. The van der Waals surface area contributed by atoms with E-state index in [1.165, 1.54) is 17.8 Å². The normalized spacial score (nSPS) is 24.5. The Morgan fingerprint density at radius 3 is 2.60 bits per heavy atom. The van der Waals surface area contributed by atoms with Gasteiger partial charge in [-0.25, -0.2) is 19.1 Å². The summed E-state index contributed by atoms with van der Waals surface area (Å²) in [4.78, 5) is 41.5. The van der Waals surface area contributed by atoms with Crippen molar-refractivity contribution in [3.63, 3.8) is 0 Å². The summed E-state index contributed by atoms with van der Waals surface area (Å²) in [6, 6.07) is 5.25. The zero-order chi connectivity index (χ0) is 30.9. The molecule has 1 saturated heterocycles. The quantitative estimate of drug-likeness (QED) is 0.372. The molecule has 230 valence electrons. The van der Waals surface area contributed by atoms with Crippen LogP contribution in [0.1, 0.15) is 68.9 Å². The van der Waals surface area contributed by atoms with Crippen molar-refractivity contribution in [3.05, 3.63) is 52.0 Å². The van der Waals surface area contributed by atoms with Crippen LogP contribution in [0.3, 0.4) is 0 Å². The van der Waals surface area contributed by atoms with E-state index in [-0.39, 0.29) is 23.1 Å². The summed E-state index contributed by atoms with van der Waals surface area (Å²) in [5.74, 6) is -1.19. The Morgan fingerprint density at radius 2 is 1.93 bits per heavy atom. The van der Waals surface area contributed by atoms with E-state index in [4.69, 9.17) is 27.8 Å². The summed E-state index contributed by atoms with van der Waals surface area (Å²) >= 11 is 0. The molecule has 14 nitrogen and oxygen atoms in total. The van der Waals surface area contributed by atoms with Gasteiger partial charge in [0.1, 0.15) is 31.2 Å². The summed E-state index contributed by atoms with van der Waals surface area (Å²) in [6.07, 6.45) is 0.584. The first-order valence-electron chi connectivity index (χ1n) is 14.1. The van der Waals surface area contributed by atoms with Crippen molar-refractivity contribution in [2.75, 3.05) is 6.61 Å². The number of aliphatic hydroxyl groups is 1. The Morgan fingerprint density at radius 1 is 1.19 bits per heavy atom. The van der Waals surface area contributed by atoms with Gasteiger partial charge in [-0.2, -0.15) is 10.4 Å². The first-order valence-corrected chi connectivity index (χ1v) is 14.1. The molecule has 0 aromatic carbocycles. The second kappa shape index (κ2) is 11.8. The third kappa shape index (κ3) is 5.62. The molecule has 43 heavy (non-hydrogen) atoms. The summed E-state index contributed by atoms with van der Waals surface area (Å²) < 4.78 is 33.4. The van der Waals surface area contributed by atoms with Crippen LogP contribution < -0.4 is 5.82 Å². The summed E-state index contributed by atoms with van der Waals surface area (Å²) in [5.41, 5.74) is -1.49. The molecular weight excluding hydrogens is 564 g/mol. The number of aromatic nitrogens is 3. The molecule has 1 saturated carbocycles. The van der Waals surface area contributed by atoms with Crippen molar-refractivity contribution < 1.29 is 42.5 Å². The molecule has 1 aliphatic carbocycles. The van der Waals surface area contributed by atoms with Gasteiger partial charge in [-0.1, -0.05) is 19.3 Å². The van der Waals surface area contributed by atoms with Gasteiger partial charge in [0, 0.05) is 0 Å². The van der Waals surface area contributed by atoms with Crippen LogP contribution in [0.25, 0.3) is 5.52 Å². The van der Waals surface area contributed by atoms with Gasteiger partial charge in [0.15, 0.2) is 24.2 Å². The number of esters is 1. The number of hydrogen-bond acceptors (Lipinski definition) is 13. The van der Waals surface area contributed by atoms with Gasteiger partial charge < -0.3 is 32.9 Å². The van der Waals surface area contributed by atoms with E-state index >= 15 is 0 Å². The second-order valence-corrected chi connectivity index (χ2v) is 11.5. The molecule has 1 aliphatic heterocycles. The number of nitriles is 1. The van der Waals surface area contributed by atoms with E-state index in [9.17, 15) is 24.8 Å². The molecule has 3 aromatic heterocycles. The van der Waals surface area contributed by atoms with Crippen molar-refractivity contribution in [1.82, 2.24) is 14.6 Å². The molecular formula is C29H34N4O10. The third-order valence-corrected chi connectivity index (χ3v) is 8.54. The number of carbonyl (C=O) groups is 2. The van der Waals surface area contributed by atoms with Gasteiger partial charge in [-0.3, -0.25) is 4.79 Å². The summed E-state index contributed by atoms with van der Waals surface area (Å²) in [5, 5.41) is 26.1. The Hall–Kier alpha value is -4.22. The van der Waals surface area contributed by atoms with E-state index < -0.39 is 60.5 Å². The highest BCUT2D eigenvalue weighted by Crippen LogP contribution is 2.43. The molecule has 5 rings (SSSR count). The first kappa shape index (κ1) is 30.2. The lowest BCUT2D eigenvalue weighted by Gasteiger charge is -2.35. The van der Waals surface area contributed by atoms with Crippen LogP contribution in [-0.2, 0) is 35.9 Å². The lowest BCUT2D eigenvalue weighted by Crippen LogP contribution is -2.43. The average Bonchev–Trinajstić information content (AvgIpc) is 3.65. The lowest BCUT2D eigenvalue weighted by atomic mass is 9.71.